The molecule has 0 fully saturated rings. The molecule has 2 rings (SSSR count). The number of carbonyl (C=O) groups excluding carboxylic acids is 1. The number of amides is 1. The second-order valence-corrected chi connectivity index (χ2v) is 4.28. The fraction of sp³-hybridized carbons (Fsp3) is 0.0769. The minimum Gasteiger partial charge on any atom is -0.291 e. The number of hydrazine groups is 1. The smallest absolute Gasteiger partial charge is 0.291 e. The zero-order valence-electron chi connectivity index (χ0n) is 11.4. The summed E-state index contributed by atoms with van der Waals surface area (Å²) in [7, 11) is 0. The molecule has 0 unspecified atom stereocenters. The first-order valence-electron chi connectivity index (χ1n) is 6.06. The zero-order chi connectivity index (χ0) is 17.0. The maximum absolute atomic E-state index is 12.8. The molecule has 0 bridgehead atoms. The molecule has 0 saturated carbocycles. The molecule has 10 heteroatoms. The highest BCUT2D eigenvalue weighted by Crippen LogP contribution is 2.32. The molecule has 1 aromatic heterocycles. The SMILES string of the molecule is N#Cc1cc(-c2ncn(/C=C\C(=O)NN)n2)cc(C(F)(F)F)c1. The van der Waals surface area contributed by atoms with Crippen LogP contribution in [-0.4, -0.2) is 20.7 Å². The summed E-state index contributed by atoms with van der Waals surface area (Å²) in [5.41, 5.74) is 0.765. The molecular formula is C13H9F3N6O. The Labute approximate surface area is 127 Å². The Morgan fingerprint density at radius 1 is 1.39 bits per heavy atom. The molecule has 0 saturated heterocycles. The number of aromatic nitrogens is 3. The molecular weight excluding hydrogens is 313 g/mol. The summed E-state index contributed by atoms with van der Waals surface area (Å²) in [4.78, 5) is 14.8. The summed E-state index contributed by atoms with van der Waals surface area (Å²) in [6.07, 6.45) is -1.12. The van der Waals surface area contributed by atoms with E-state index in [0.29, 0.717) is 0 Å². The van der Waals surface area contributed by atoms with Crippen molar-refractivity contribution in [1.82, 2.24) is 20.2 Å². The minimum atomic E-state index is -4.59. The molecule has 0 atom stereocenters. The predicted molar refractivity (Wildman–Crippen MR) is 72.8 cm³/mol. The number of nitriles is 1. The van der Waals surface area contributed by atoms with Crippen LogP contribution >= 0.6 is 0 Å². The first-order valence-corrected chi connectivity index (χ1v) is 6.06. The van der Waals surface area contributed by atoms with Gasteiger partial charge >= 0.3 is 6.18 Å². The van der Waals surface area contributed by atoms with E-state index in [1.165, 1.54) is 18.6 Å². The van der Waals surface area contributed by atoms with Gasteiger partial charge < -0.3 is 0 Å². The van der Waals surface area contributed by atoms with E-state index in [-0.39, 0.29) is 17.0 Å². The van der Waals surface area contributed by atoms with Crippen molar-refractivity contribution in [3.63, 3.8) is 0 Å². The number of alkyl halides is 3. The first kappa shape index (κ1) is 16.2. The lowest BCUT2D eigenvalue weighted by atomic mass is 10.1. The number of nitrogens with zero attached hydrogens (tertiary/aromatic N) is 4. The second kappa shape index (κ2) is 6.29. The van der Waals surface area contributed by atoms with Crippen molar-refractivity contribution in [2.75, 3.05) is 0 Å². The van der Waals surface area contributed by atoms with Crippen LogP contribution in [0.1, 0.15) is 11.1 Å². The van der Waals surface area contributed by atoms with Crippen LogP contribution in [0.15, 0.2) is 30.6 Å². The number of carbonyl (C=O) groups is 1. The van der Waals surface area contributed by atoms with Crippen molar-refractivity contribution < 1.29 is 18.0 Å². The zero-order valence-corrected chi connectivity index (χ0v) is 11.4. The summed E-state index contributed by atoms with van der Waals surface area (Å²) in [6.45, 7) is 0. The maximum atomic E-state index is 12.8. The van der Waals surface area contributed by atoms with Crippen LogP contribution < -0.4 is 11.3 Å². The number of hydrogen-bond donors (Lipinski definition) is 2. The molecule has 0 spiro atoms. The third-order valence-electron chi connectivity index (χ3n) is 2.68. The van der Waals surface area contributed by atoms with Crippen LogP contribution in [0.5, 0.6) is 0 Å². The fourth-order valence-electron chi connectivity index (χ4n) is 1.66. The summed E-state index contributed by atoms with van der Waals surface area (Å²) in [5.74, 6) is 4.28. The summed E-state index contributed by atoms with van der Waals surface area (Å²) >= 11 is 0. The lowest BCUT2D eigenvalue weighted by Crippen LogP contribution is -2.28. The first-order chi connectivity index (χ1) is 10.8. The standard InChI is InChI=1S/C13H9F3N6O/c14-13(15,16)10-4-8(6-17)3-9(5-10)12-19-7-22(21-12)2-1-11(23)20-18/h1-5,7H,18H2,(H,20,23)/b2-1-. The molecule has 0 aliphatic carbocycles. The van der Waals surface area contributed by atoms with Crippen LogP contribution in [0, 0.1) is 11.3 Å². The van der Waals surface area contributed by atoms with E-state index in [9.17, 15) is 18.0 Å². The molecule has 1 aromatic carbocycles. The van der Waals surface area contributed by atoms with Crippen LogP contribution in [0.3, 0.4) is 0 Å². The van der Waals surface area contributed by atoms with Gasteiger partial charge in [0.1, 0.15) is 6.33 Å². The Kier molecular flexibility index (Phi) is 4.42. The van der Waals surface area contributed by atoms with Crippen LogP contribution in [0.4, 0.5) is 13.2 Å². The van der Waals surface area contributed by atoms with E-state index in [2.05, 4.69) is 10.1 Å². The molecule has 7 nitrogen and oxygen atoms in total. The topological polar surface area (TPSA) is 110 Å². The van der Waals surface area contributed by atoms with Crippen molar-refractivity contribution in [2.45, 2.75) is 6.18 Å². The monoisotopic (exact) mass is 322 g/mol. The molecule has 0 aliphatic rings. The van der Waals surface area contributed by atoms with Crippen molar-refractivity contribution in [2.24, 2.45) is 5.84 Å². The highest BCUT2D eigenvalue weighted by molar-refractivity contribution is 5.89. The van der Waals surface area contributed by atoms with Gasteiger partial charge in [-0.1, -0.05) is 0 Å². The van der Waals surface area contributed by atoms with Gasteiger partial charge in [-0.05, 0) is 18.2 Å². The Balaban J connectivity index is 2.39. The Hall–Kier alpha value is -3.19. The fourth-order valence-corrected chi connectivity index (χ4v) is 1.66. The van der Waals surface area contributed by atoms with Gasteiger partial charge in [-0.3, -0.25) is 10.2 Å². The van der Waals surface area contributed by atoms with Gasteiger partial charge in [0, 0.05) is 17.8 Å². The van der Waals surface area contributed by atoms with Crippen LogP contribution in [0.25, 0.3) is 17.6 Å². The van der Waals surface area contributed by atoms with Gasteiger partial charge in [-0.25, -0.2) is 15.5 Å². The minimum absolute atomic E-state index is 0.0228. The molecule has 23 heavy (non-hydrogen) atoms. The van der Waals surface area contributed by atoms with Gasteiger partial charge in [-0.15, -0.1) is 5.10 Å². The van der Waals surface area contributed by atoms with E-state index < -0.39 is 17.6 Å². The third kappa shape index (κ3) is 3.92. The van der Waals surface area contributed by atoms with Gasteiger partial charge in [0.25, 0.3) is 5.91 Å². The number of nitrogens with two attached hydrogens (primary N) is 1. The Morgan fingerprint density at radius 3 is 2.74 bits per heavy atom. The van der Waals surface area contributed by atoms with Gasteiger partial charge in [0.05, 0.1) is 17.2 Å². The van der Waals surface area contributed by atoms with Gasteiger partial charge in [-0.2, -0.15) is 18.4 Å². The van der Waals surface area contributed by atoms with E-state index in [0.717, 1.165) is 22.9 Å². The quantitative estimate of drug-likeness (QED) is 0.383. The molecule has 0 aliphatic heterocycles. The largest absolute Gasteiger partial charge is 0.416 e. The van der Waals surface area contributed by atoms with Crippen molar-refractivity contribution in [3.8, 4) is 17.5 Å². The number of hydrogen-bond acceptors (Lipinski definition) is 5. The van der Waals surface area contributed by atoms with E-state index in [1.807, 2.05) is 5.43 Å². The van der Waals surface area contributed by atoms with E-state index >= 15 is 0 Å². The molecule has 1 heterocycles. The average molecular weight is 322 g/mol. The van der Waals surface area contributed by atoms with Gasteiger partial charge in [0.2, 0.25) is 0 Å². The normalized spacial score (nSPS) is 11.4. The average Bonchev–Trinajstić information content (AvgIpc) is 3.00. The Bertz CT molecular complexity index is 803. The number of halogens is 3. The Morgan fingerprint density at radius 2 is 2.13 bits per heavy atom. The highest BCUT2D eigenvalue weighted by atomic mass is 19.4. The molecule has 3 N–H and O–H groups in total. The molecule has 0 radical (unpaired) electrons. The third-order valence-corrected chi connectivity index (χ3v) is 2.68. The van der Waals surface area contributed by atoms with Crippen LogP contribution in [-0.2, 0) is 11.0 Å². The molecule has 118 valence electrons. The summed E-state index contributed by atoms with van der Waals surface area (Å²) < 4.78 is 39.6. The van der Waals surface area contributed by atoms with Crippen molar-refractivity contribution in [1.29, 1.82) is 5.26 Å². The summed E-state index contributed by atoms with van der Waals surface area (Å²) in [6, 6.07) is 4.49. The van der Waals surface area contributed by atoms with E-state index in [1.54, 1.807) is 6.07 Å². The number of benzene rings is 1. The number of nitrogens with one attached hydrogen (secondary N) is 1. The van der Waals surface area contributed by atoms with E-state index in [4.69, 9.17) is 11.1 Å². The van der Waals surface area contributed by atoms with Crippen molar-refractivity contribution >= 4 is 12.1 Å². The molecule has 2 aromatic rings. The summed E-state index contributed by atoms with van der Waals surface area (Å²) in [5, 5.41) is 12.8. The second-order valence-electron chi connectivity index (χ2n) is 4.28. The van der Waals surface area contributed by atoms with Gasteiger partial charge in [0.15, 0.2) is 5.82 Å². The predicted octanol–water partition coefficient (Wildman–Crippen LogP) is 1.30. The lowest BCUT2D eigenvalue weighted by molar-refractivity contribution is -0.137. The molecule has 1 amide bonds. The van der Waals surface area contributed by atoms with Crippen LogP contribution in [0.2, 0.25) is 0 Å². The van der Waals surface area contributed by atoms with Crippen molar-refractivity contribution in [3.05, 3.63) is 41.7 Å². The maximum Gasteiger partial charge on any atom is 0.416 e. The number of rotatable bonds is 3. The highest BCUT2D eigenvalue weighted by Gasteiger charge is 2.31. The lowest BCUT2D eigenvalue weighted by Gasteiger charge is -2.08.